The molecule has 3 rings (SSSR count). The molecular formula is C24H29ClN2O5S. The summed E-state index contributed by atoms with van der Waals surface area (Å²) in [4.78, 5) is 26.8. The standard InChI is InChI=1S/C24H29ClN2O5S/c1-3-32-24(29)20-12-14-26(15-13-20)23(28)17-27(16-19-6-8-21(25)9-7-19)33(30,31)22-10-4-18(2)5-11-22/h4-11,20H,3,12-17H2,1-2H3. The molecule has 1 aliphatic rings. The van der Waals surface area contributed by atoms with Crippen molar-refractivity contribution >= 4 is 33.5 Å². The van der Waals surface area contributed by atoms with Gasteiger partial charge in [-0.1, -0.05) is 41.4 Å². The van der Waals surface area contributed by atoms with E-state index in [1.807, 2.05) is 6.92 Å². The van der Waals surface area contributed by atoms with E-state index in [-0.39, 0.29) is 35.8 Å². The van der Waals surface area contributed by atoms with E-state index in [4.69, 9.17) is 16.3 Å². The number of piperidine rings is 1. The maximum absolute atomic E-state index is 13.4. The summed E-state index contributed by atoms with van der Waals surface area (Å²) in [6.07, 6.45) is 1.01. The fourth-order valence-corrected chi connectivity index (χ4v) is 5.26. The molecule has 0 bridgehead atoms. The highest BCUT2D eigenvalue weighted by Crippen LogP contribution is 2.22. The van der Waals surface area contributed by atoms with Crippen molar-refractivity contribution in [3.05, 3.63) is 64.7 Å². The number of sulfonamides is 1. The molecule has 1 amide bonds. The van der Waals surface area contributed by atoms with Gasteiger partial charge in [-0.3, -0.25) is 9.59 Å². The molecule has 2 aromatic carbocycles. The lowest BCUT2D eigenvalue weighted by Gasteiger charge is -2.32. The number of esters is 1. The third-order valence-corrected chi connectivity index (χ3v) is 7.77. The molecule has 0 N–H and O–H groups in total. The lowest BCUT2D eigenvalue weighted by atomic mass is 9.97. The zero-order valence-corrected chi connectivity index (χ0v) is 20.4. The van der Waals surface area contributed by atoms with Gasteiger partial charge < -0.3 is 9.64 Å². The van der Waals surface area contributed by atoms with Gasteiger partial charge >= 0.3 is 5.97 Å². The van der Waals surface area contributed by atoms with Gasteiger partial charge in [-0.2, -0.15) is 4.31 Å². The van der Waals surface area contributed by atoms with E-state index >= 15 is 0 Å². The number of hydrogen-bond donors (Lipinski definition) is 0. The van der Waals surface area contributed by atoms with Crippen LogP contribution in [0.3, 0.4) is 0 Å². The molecule has 1 fully saturated rings. The molecule has 0 aromatic heterocycles. The Labute approximate surface area is 200 Å². The van der Waals surface area contributed by atoms with Crippen LogP contribution in [0.2, 0.25) is 5.02 Å². The van der Waals surface area contributed by atoms with Crippen molar-refractivity contribution in [3.8, 4) is 0 Å². The molecule has 1 aliphatic heterocycles. The number of rotatable bonds is 8. The summed E-state index contributed by atoms with van der Waals surface area (Å²) in [5, 5.41) is 0.548. The molecule has 1 heterocycles. The zero-order chi connectivity index (χ0) is 24.0. The Kier molecular flexibility index (Phi) is 8.51. The number of benzene rings is 2. The van der Waals surface area contributed by atoms with E-state index in [1.165, 1.54) is 4.31 Å². The van der Waals surface area contributed by atoms with E-state index in [9.17, 15) is 18.0 Å². The predicted molar refractivity (Wildman–Crippen MR) is 126 cm³/mol. The molecule has 0 aliphatic carbocycles. The third kappa shape index (κ3) is 6.56. The summed E-state index contributed by atoms with van der Waals surface area (Å²) < 4.78 is 33.1. The molecule has 33 heavy (non-hydrogen) atoms. The Balaban J connectivity index is 1.76. The SMILES string of the molecule is CCOC(=O)C1CCN(C(=O)CN(Cc2ccc(Cl)cc2)S(=O)(=O)c2ccc(C)cc2)CC1. The van der Waals surface area contributed by atoms with Gasteiger partial charge in [0.1, 0.15) is 0 Å². The molecule has 1 saturated heterocycles. The zero-order valence-electron chi connectivity index (χ0n) is 18.9. The smallest absolute Gasteiger partial charge is 0.309 e. The van der Waals surface area contributed by atoms with Crippen LogP contribution in [0.25, 0.3) is 0 Å². The van der Waals surface area contributed by atoms with E-state index in [0.717, 1.165) is 11.1 Å². The highest BCUT2D eigenvalue weighted by molar-refractivity contribution is 7.89. The normalized spacial score (nSPS) is 15.0. The lowest BCUT2D eigenvalue weighted by Crippen LogP contribution is -2.46. The number of aryl methyl sites for hydroxylation is 1. The first kappa shape index (κ1) is 25.2. The molecule has 0 spiro atoms. The Bertz CT molecular complexity index is 1060. The summed E-state index contributed by atoms with van der Waals surface area (Å²) in [7, 11) is -3.91. The number of nitrogens with zero attached hydrogens (tertiary/aromatic N) is 2. The minimum Gasteiger partial charge on any atom is -0.466 e. The van der Waals surface area contributed by atoms with Crippen molar-refractivity contribution < 1.29 is 22.7 Å². The highest BCUT2D eigenvalue weighted by atomic mass is 35.5. The fourth-order valence-electron chi connectivity index (χ4n) is 3.75. The Hall–Kier alpha value is -2.42. The topological polar surface area (TPSA) is 84.0 Å². The van der Waals surface area contributed by atoms with Crippen LogP contribution in [0, 0.1) is 12.8 Å². The average Bonchev–Trinajstić information content (AvgIpc) is 2.80. The van der Waals surface area contributed by atoms with E-state index < -0.39 is 10.0 Å². The van der Waals surface area contributed by atoms with Crippen LogP contribution < -0.4 is 0 Å². The number of ether oxygens (including phenoxy) is 1. The Morgan fingerprint density at radius 2 is 1.67 bits per heavy atom. The summed E-state index contributed by atoms with van der Waals surface area (Å²) in [5.74, 6) is -0.756. The van der Waals surface area contributed by atoms with Crippen molar-refractivity contribution in [1.82, 2.24) is 9.21 Å². The van der Waals surface area contributed by atoms with E-state index in [2.05, 4.69) is 0 Å². The van der Waals surface area contributed by atoms with Crippen LogP contribution in [0.15, 0.2) is 53.4 Å². The second kappa shape index (κ2) is 11.1. The van der Waals surface area contributed by atoms with Gasteiger partial charge in [-0.15, -0.1) is 0 Å². The summed E-state index contributed by atoms with van der Waals surface area (Å²) in [6, 6.07) is 13.4. The summed E-state index contributed by atoms with van der Waals surface area (Å²) in [6.45, 7) is 4.50. The van der Waals surface area contributed by atoms with Crippen LogP contribution in [-0.2, 0) is 30.9 Å². The molecule has 0 unspecified atom stereocenters. The van der Waals surface area contributed by atoms with E-state index in [1.54, 1.807) is 60.4 Å². The number of amides is 1. The Morgan fingerprint density at radius 3 is 2.24 bits per heavy atom. The number of carbonyl (C=O) groups is 2. The highest BCUT2D eigenvalue weighted by Gasteiger charge is 2.32. The fraction of sp³-hybridized carbons (Fsp3) is 0.417. The minimum absolute atomic E-state index is 0.0401. The quantitative estimate of drug-likeness (QED) is 0.525. The van der Waals surface area contributed by atoms with Gasteiger partial charge in [-0.05, 0) is 56.5 Å². The predicted octanol–water partition coefficient (Wildman–Crippen LogP) is 3.64. The average molecular weight is 493 g/mol. The van der Waals surface area contributed by atoms with Gasteiger partial charge in [0.15, 0.2) is 0 Å². The van der Waals surface area contributed by atoms with Gasteiger partial charge in [-0.25, -0.2) is 8.42 Å². The van der Waals surface area contributed by atoms with Crippen molar-refractivity contribution in [1.29, 1.82) is 0 Å². The number of carbonyl (C=O) groups excluding carboxylic acids is 2. The van der Waals surface area contributed by atoms with Crippen molar-refractivity contribution in [2.24, 2.45) is 5.92 Å². The first-order valence-corrected chi connectivity index (χ1v) is 12.8. The monoisotopic (exact) mass is 492 g/mol. The molecule has 0 radical (unpaired) electrons. The van der Waals surface area contributed by atoms with Gasteiger partial charge in [0.2, 0.25) is 15.9 Å². The number of hydrogen-bond acceptors (Lipinski definition) is 5. The largest absolute Gasteiger partial charge is 0.466 e. The molecule has 0 saturated carbocycles. The second-order valence-corrected chi connectivity index (χ2v) is 10.5. The van der Waals surface area contributed by atoms with Crippen LogP contribution in [0.1, 0.15) is 30.9 Å². The summed E-state index contributed by atoms with van der Waals surface area (Å²) >= 11 is 5.96. The number of likely N-dealkylation sites (tertiary alicyclic amines) is 1. The first-order chi connectivity index (χ1) is 15.7. The third-order valence-electron chi connectivity index (χ3n) is 5.71. The molecule has 7 nitrogen and oxygen atoms in total. The number of halogens is 1. The van der Waals surface area contributed by atoms with Crippen LogP contribution in [-0.4, -0.2) is 55.7 Å². The van der Waals surface area contributed by atoms with Crippen molar-refractivity contribution in [3.63, 3.8) is 0 Å². The maximum Gasteiger partial charge on any atom is 0.309 e. The van der Waals surface area contributed by atoms with Crippen molar-refractivity contribution in [2.45, 2.75) is 38.1 Å². The van der Waals surface area contributed by atoms with Crippen molar-refractivity contribution in [2.75, 3.05) is 26.2 Å². The summed E-state index contributed by atoms with van der Waals surface area (Å²) in [5.41, 5.74) is 1.67. The van der Waals surface area contributed by atoms with Gasteiger partial charge in [0.25, 0.3) is 0 Å². The molecule has 178 valence electrons. The Morgan fingerprint density at radius 1 is 1.06 bits per heavy atom. The van der Waals surface area contributed by atoms with Gasteiger partial charge in [0.05, 0.1) is 24.0 Å². The lowest BCUT2D eigenvalue weighted by molar-refractivity contribution is -0.151. The molecule has 9 heteroatoms. The molecular weight excluding hydrogens is 464 g/mol. The second-order valence-electron chi connectivity index (χ2n) is 8.12. The van der Waals surface area contributed by atoms with Gasteiger partial charge in [0, 0.05) is 24.7 Å². The van der Waals surface area contributed by atoms with E-state index in [0.29, 0.717) is 37.6 Å². The van der Waals surface area contributed by atoms with Crippen LogP contribution in [0.4, 0.5) is 0 Å². The minimum atomic E-state index is -3.91. The molecule has 0 atom stereocenters. The van der Waals surface area contributed by atoms with Crippen LogP contribution >= 0.6 is 11.6 Å². The van der Waals surface area contributed by atoms with Crippen LogP contribution in [0.5, 0.6) is 0 Å². The maximum atomic E-state index is 13.4. The first-order valence-electron chi connectivity index (χ1n) is 11.0. The molecule has 2 aromatic rings.